The van der Waals surface area contributed by atoms with Gasteiger partial charge in [-0.1, -0.05) is 18.2 Å². The van der Waals surface area contributed by atoms with E-state index in [2.05, 4.69) is 5.32 Å². The van der Waals surface area contributed by atoms with Crippen LogP contribution in [0.25, 0.3) is 11.1 Å². The van der Waals surface area contributed by atoms with E-state index in [4.69, 9.17) is 0 Å². The van der Waals surface area contributed by atoms with Crippen molar-refractivity contribution in [2.45, 2.75) is 13.8 Å². The Morgan fingerprint density at radius 2 is 1.85 bits per heavy atom. The van der Waals surface area contributed by atoms with E-state index in [9.17, 15) is 14.3 Å². The Kier molecular flexibility index (Phi) is 4.03. The minimum Gasteiger partial charge on any atom is -0.508 e. The smallest absolute Gasteiger partial charge is 0.254 e. The van der Waals surface area contributed by atoms with Crippen molar-refractivity contribution < 1.29 is 14.3 Å². The average Bonchev–Trinajstić information content (AvgIpc) is 2.42. The zero-order valence-corrected chi connectivity index (χ0v) is 11.4. The fourth-order valence-electron chi connectivity index (χ4n) is 1.92. The molecule has 2 N–H and O–H groups in total. The molecule has 0 bridgehead atoms. The minimum absolute atomic E-state index is 0.0203. The van der Waals surface area contributed by atoms with Gasteiger partial charge in [-0.15, -0.1) is 0 Å². The summed E-state index contributed by atoms with van der Waals surface area (Å²) in [5.41, 5.74) is 2.10. The first-order chi connectivity index (χ1) is 9.52. The van der Waals surface area contributed by atoms with E-state index in [0.717, 1.165) is 5.56 Å². The molecule has 0 radical (unpaired) electrons. The number of amides is 1. The van der Waals surface area contributed by atoms with Crippen molar-refractivity contribution >= 4 is 5.91 Å². The van der Waals surface area contributed by atoms with Gasteiger partial charge in [-0.3, -0.25) is 4.79 Å². The standard InChI is InChI=1S/C16H16FNO2/c1-3-18-16(20)13-7-6-11(8-14(13)17)12-5-4-10(2)15(19)9-12/h4-9,19H,3H2,1-2H3,(H,18,20). The van der Waals surface area contributed by atoms with Crippen molar-refractivity contribution in [1.82, 2.24) is 5.32 Å². The maximum atomic E-state index is 14.0. The summed E-state index contributed by atoms with van der Waals surface area (Å²) in [6.45, 7) is 4.02. The van der Waals surface area contributed by atoms with Crippen LogP contribution in [-0.4, -0.2) is 17.6 Å². The van der Waals surface area contributed by atoms with Crippen LogP contribution in [0.3, 0.4) is 0 Å². The summed E-state index contributed by atoms with van der Waals surface area (Å²) in [6, 6.07) is 9.56. The van der Waals surface area contributed by atoms with Crippen molar-refractivity contribution in [2.75, 3.05) is 6.54 Å². The predicted octanol–water partition coefficient (Wildman–Crippen LogP) is 3.26. The first kappa shape index (κ1) is 14.1. The van der Waals surface area contributed by atoms with Gasteiger partial charge < -0.3 is 10.4 Å². The molecule has 0 saturated heterocycles. The average molecular weight is 273 g/mol. The Morgan fingerprint density at radius 3 is 2.45 bits per heavy atom. The normalized spacial score (nSPS) is 10.3. The second-order valence-electron chi connectivity index (χ2n) is 4.56. The van der Waals surface area contributed by atoms with Gasteiger partial charge >= 0.3 is 0 Å². The summed E-state index contributed by atoms with van der Waals surface area (Å²) in [4.78, 5) is 11.6. The van der Waals surface area contributed by atoms with Crippen molar-refractivity contribution in [3.63, 3.8) is 0 Å². The van der Waals surface area contributed by atoms with Gasteiger partial charge in [0.15, 0.2) is 0 Å². The molecule has 0 aliphatic heterocycles. The number of carbonyl (C=O) groups excluding carboxylic acids is 1. The van der Waals surface area contributed by atoms with Gasteiger partial charge in [0, 0.05) is 6.54 Å². The molecule has 2 aromatic rings. The lowest BCUT2D eigenvalue weighted by molar-refractivity contribution is 0.0952. The molecule has 0 saturated carbocycles. The summed E-state index contributed by atoms with van der Waals surface area (Å²) in [5, 5.41) is 12.2. The Balaban J connectivity index is 2.37. The molecular weight excluding hydrogens is 257 g/mol. The molecule has 0 atom stereocenters. The molecule has 104 valence electrons. The Morgan fingerprint density at radius 1 is 1.20 bits per heavy atom. The third kappa shape index (κ3) is 2.79. The van der Waals surface area contributed by atoms with Crippen molar-refractivity contribution in [2.24, 2.45) is 0 Å². The lowest BCUT2D eigenvalue weighted by atomic mass is 10.0. The minimum atomic E-state index is -0.575. The number of hydrogen-bond acceptors (Lipinski definition) is 2. The highest BCUT2D eigenvalue weighted by Crippen LogP contribution is 2.27. The van der Waals surface area contributed by atoms with Crippen LogP contribution in [-0.2, 0) is 0 Å². The highest BCUT2D eigenvalue weighted by atomic mass is 19.1. The zero-order valence-electron chi connectivity index (χ0n) is 11.4. The van der Waals surface area contributed by atoms with Crippen molar-refractivity contribution in [3.8, 4) is 16.9 Å². The van der Waals surface area contributed by atoms with Crippen LogP contribution in [0, 0.1) is 12.7 Å². The fourth-order valence-corrected chi connectivity index (χ4v) is 1.92. The van der Waals surface area contributed by atoms with Crippen LogP contribution in [0.4, 0.5) is 4.39 Å². The SMILES string of the molecule is CCNC(=O)c1ccc(-c2ccc(C)c(O)c2)cc1F. The molecule has 2 rings (SSSR count). The number of halogens is 1. The van der Waals surface area contributed by atoms with E-state index in [1.165, 1.54) is 12.1 Å². The first-order valence-electron chi connectivity index (χ1n) is 6.40. The van der Waals surface area contributed by atoms with E-state index >= 15 is 0 Å². The molecule has 4 heteroatoms. The molecule has 1 amide bonds. The number of benzene rings is 2. The van der Waals surface area contributed by atoms with Crippen LogP contribution < -0.4 is 5.32 Å². The largest absolute Gasteiger partial charge is 0.508 e. The van der Waals surface area contributed by atoms with Crippen LogP contribution in [0.5, 0.6) is 5.75 Å². The fraction of sp³-hybridized carbons (Fsp3) is 0.188. The summed E-state index contributed by atoms with van der Waals surface area (Å²) in [5.74, 6) is -0.840. The third-order valence-electron chi connectivity index (χ3n) is 3.09. The van der Waals surface area contributed by atoms with Crippen LogP contribution >= 0.6 is 0 Å². The van der Waals surface area contributed by atoms with Gasteiger partial charge in [0.2, 0.25) is 0 Å². The van der Waals surface area contributed by atoms with Gasteiger partial charge in [-0.25, -0.2) is 4.39 Å². The van der Waals surface area contributed by atoms with Gasteiger partial charge in [-0.05, 0) is 48.7 Å². The Labute approximate surface area is 117 Å². The van der Waals surface area contributed by atoms with Gasteiger partial charge in [0.1, 0.15) is 11.6 Å². The van der Waals surface area contributed by atoms with E-state index in [1.54, 1.807) is 38.1 Å². The molecule has 0 spiro atoms. The second kappa shape index (κ2) is 5.74. The number of rotatable bonds is 3. The van der Waals surface area contributed by atoms with Gasteiger partial charge in [0.25, 0.3) is 5.91 Å². The number of aromatic hydroxyl groups is 1. The number of nitrogens with one attached hydrogen (secondary N) is 1. The lowest BCUT2D eigenvalue weighted by Crippen LogP contribution is -2.23. The molecule has 2 aromatic carbocycles. The third-order valence-corrected chi connectivity index (χ3v) is 3.09. The van der Waals surface area contributed by atoms with E-state index in [-0.39, 0.29) is 11.3 Å². The van der Waals surface area contributed by atoms with E-state index < -0.39 is 11.7 Å². The molecule has 0 aliphatic rings. The molecule has 0 aliphatic carbocycles. The molecule has 3 nitrogen and oxygen atoms in total. The van der Waals surface area contributed by atoms with Crippen LogP contribution in [0.2, 0.25) is 0 Å². The molecule has 0 fully saturated rings. The van der Waals surface area contributed by atoms with Crippen LogP contribution in [0.15, 0.2) is 36.4 Å². The first-order valence-corrected chi connectivity index (χ1v) is 6.40. The zero-order chi connectivity index (χ0) is 14.7. The summed E-state index contributed by atoms with van der Waals surface area (Å²) >= 11 is 0. The Bertz CT molecular complexity index is 653. The van der Waals surface area contributed by atoms with Crippen molar-refractivity contribution in [3.05, 3.63) is 53.3 Å². The summed E-state index contributed by atoms with van der Waals surface area (Å²) < 4.78 is 14.0. The van der Waals surface area contributed by atoms with Gasteiger partial charge in [0.05, 0.1) is 5.56 Å². The number of carbonyl (C=O) groups is 1. The predicted molar refractivity (Wildman–Crippen MR) is 76.2 cm³/mol. The second-order valence-corrected chi connectivity index (χ2v) is 4.56. The van der Waals surface area contributed by atoms with E-state index in [1.807, 2.05) is 0 Å². The number of phenols is 1. The number of phenolic OH excluding ortho intramolecular Hbond substituents is 1. The number of hydrogen-bond donors (Lipinski definition) is 2. The Hall–Kier alpha value is -2.36. The lowest BCUT2D eigenvalue weighted by Gasteiger charge is -2.08. The summed E-state index contributed by atoms with van der Waals surface area (Å²) in [6.07, 6.45) is 0. The number of aryl methyl sites for hydroxylation is 1. The van der Waals surface area contributed by atoms with Crippen molar-refractivity contribution in [1.29, 1.82) is 0 Å². The topological polar surface area (TPSA) is 49.3 Å². The molecule has 0 unspecified atom stereocenters. The van der Waals surface area contributed by atoms with Gasteiger partial charge in [-0.2, -0.15) is 0 Å². The molecule has 0 aromatic heterocycles. The molecular formula is C16H16FNO2. The molecule has 0 heterocycles. The highest BCUT2D eigenvalue weighted by molar-refractivity contribution is 5.95. The van der Waals surface area contributed by atoms with Crippen LogP contribution in [0.1, 0.15) is 22.8 Å². The monoisotopic (exact) mass is 273 g/mol. The summed E-state index contributed by atoms with van der Waals surface area (Å²) in [7, 11) is 0. The van der Waals surface area contributed by atoms with E-state index in [0.29, 0.717) is 17.7 Å². The molecule has 20 heavy (non-hydrogen) atoms. The maximum absolute atomic E-state index is 14.0. The quantitative estimate of drug-likeness (QED) is 0.901. The maximum Gasteiger partial charge on any atom is 0.254 e. The highest BCUT2D eigenvalue weighted by Gasteiger charge is 2.12.